The maximum atomic E-state index is 12.4. The van der Waals surface area contributed by atoms with E-state index >= 15 is 0 Å². The van der Waals surface area contributed by atoms with Gasteiger partial charge in [0.1, 0.15) is 5.69 Å². The summed E-state index contributed by atoms with van der Waals surface area (Å²) in [6.45, 7) is 1.86. The number of fused-ring (bicyclic) bond motifs is 1. The molecule has 0 atom stereocenters. The minimum Gasteiger partial charge on any atom is -0.272 e. The van der Waals surface area contributed by atoms with Gasteiger partial charge in [-0.25, -0.2) is 5.43 Å². The largest absolute Gasteiger partial charge is 0.289 e. The molecule has 138 valence electrons. The number of hydrazone groups is 1. The van der Waals surface area contributed by atoms with Crippen molar-refractivity contribution in [1.82, 2.24) is 15.6 Å². The van der Waals surface area contributed by atoms with Crippen molar-refractivity contribution in [3.8, 4) is 11.3 Å². The van der Waals surface area contributed by atoms with Crippen LogP contribution in [-0.4, -0.2) is 21.8 Å². The van der Waals surface area contributed by atoms with Crippen LogP contribution in [0.15, 0.2) is 77.9 Å². The van der Waals surface area contributed by atoms with E-state index in [2.05, 4.69) is 32.9 Å². The fraction of sp³-hybridized carbons (Fsp3) is 0.0455. The molecular formula is C22H17ClN4O. The first-order valence-electron chi connectivity index (χ1n) is 8.75. The normalized spacial score (nSPS) is 11.6. The molecule has 0 saturated heterocycles. The van der Waals surface area contributed by atoms with Crippen LogP contribution in [-0.2, 0) is 0 Å². The van der Waals surface area contributed by atoms with Crippen molar-refractivity contribution < 1.29 is 4.79 Å². The number of nitrogens with zero attached hydrogens (tertiary/aromatic N) is 2. The molecule has 28 heavy (non-hydrogen) atoms. The molecule has 1 amide bonds. The molecule has 1 heterocycles. The molecule has 0 spiro atoms. The summed E-state index contributed by atoms with van der Waals surface area (Å²) >= 11 is 5.90. The number of rotatable bonds is 4. The fourth-order valence-electron chi connectivity index (χ4n) is 2.88. The van der Waals surface area contributed by atoms with Gasteiger partial charge in [-0.15, -0.1) is 0 Å². The van der Waals surface area contributed by atoms with Gasteiger partial charge in [0.05, 0.1) is 11.4 Å². The van der Waals surface area contributed by atoms with Gasteiger partial charge in [0, 0.05) is 10.6 Å². The minimum atomic E-state index is -0.354. The van der Waals surface area contributed by atoms with Crippen LogP contribution in [0.5, 0.6) is 0 Å². The maximum Gasteiger partial charge on any atom is 0.289 e. The van der Waals surface area contributed by atoms with Gasteiger partial charge in [-0.05, 0) is 47.5 Å². The number of halogens is 1. The van der Waals surface area contributed by atoms with Crippen LogP contribution in [0.1, 0.15) is 23.0 Å². The molecule has 0 bridgehead atoms. The smallest absolute Gasteiger partial charge is 0.272 e. The first-order chi connectivity index (χ1) is 13.6. The van der Waals surface area contributed by atoms with Gasteiger partial charge in [-0.2, -0.15) is 10.2 Å². The van der Waals surface area contributed by atoms with Crippen LogP contribution in [0.2, 0.25) is 5.02 Å². The Hall–Kier alpha value is -3.44. The third kappa shape index (κ3) is 3.80. The standard InChI is InChI=1S/C22H17ClN4O/c1-14(17-7-6-15-4-2-3-5-18(15)12-17)24-27-22(28)21-13-20(25-26-21)16-8-10-19(23)11-9-16/h2-13H,1H3,(H,25,26)(H,27,28)/b24-14-. The summed E-state index contributed by atoms with van der Waals surface area (Å²) in [5, 5.41) is 14.1. The van der Waals surface area contributed by atoms with Crippen molar-refractivity contribution in [2.45, 2.75) is 6.92 Å². The van der Waals surface area contributed by atoms with Gasteiger partial charge in [0.15, 0.2) is 0 Å². The molecule has 0 aliphatic rings. The van der Waals surface area contributed by atoms with Crippen LogP contribution in [0.4, 0.5) is 0 Å². The zero-order valence-corrected chi connectivity index (χ0v) is 15.9. The average Bonchev–Trinajstić information content (AvgIpc) is 3.22. The van der Waals surface area contributed by atoms with Crippen LogP contribution in [0.25, 0.3) is 22.0 Å². The number of hydrogen-bond donors (Lipinski definition) is 2. The zero-order valence-electron chi connectivity index (χ0n) is 15.1. The second-order valence-electron chi connectivity index (χ2n) is 6.37. The Balaban J connectivity index is 1.49. The lowest BCUT2D eigenvalue weighted by atomic mass is 10.0. The van der Waals surface area contributed by atoms with Crippen molar-refractivity contribution in [2.75, 3.05) is 0 Å². The Morgan fingerprint density at radius 2 is 1.75 bits per heavy atom. The molecule has 1 aromatic heterocycles. The Labute approximate surface area is 167 Å². The van der Waals surface area contributed by atoms with Crippen molar-refractivity contribution in [3.05, 3.63) is 89.1 Å². The summed E-state index contributed by atoms with van der Waals surface area (Å²) < 4.78 is 0. The predicted molar refractivity (Wildman–Crippen MR) is 113 cm³/mol. The van der Waals surface area contributed by atoms with Crippen molar-refractivity contribution >= 4 is 34.0 Å². The van der Waals surface area contributed by atoms with Crippen molar-refractivity contribution in [2.24, 2.45) is 5.10 Å². The van der Waals surface area contributed by atoms with E-state index < -0.39 is 0 Å². The summed E-state index contributed by atoms with van der Waals surface area (Å²) in [4.78, 5) is 12.4. The van der Waals surface area contributed by atoms with Gasteiger partial charge >= 0.3 is 0 Å². The molecule has 0 aliphatic carbocycles. The van der Waals surface area contributed by atoms with Crippen molar-refractivity contribution in [1.29, 1.82) is 0 Å². The summed E-state index contributed by atoms with van der Waals surface area (Å²) in [6, 6.07) is 23.1. The molecule has 6 heteroatoms. The Bertz CT molecular complexity index is 1180. The summed E-state index contributed by atoms with van der Waals surface area (Å²) in [5.74, 6) is -0.354. The summed E-state index contributed by atoms with van der Waals surface area (Å²) in [6.07, 6.45) is 0. The third-order valence-corrected chi connectivity index (χ3v) is 4.71. The number of benzene rings is 3. The third-order valence-electron chi connectivity index (χ3n) is 4.45. The maximum absolute atomic E-state index is 12.4. The highest BCUT2D eigenvalue weighted by Gasteiger charge is 2.11. The zero-order chi connectivity index (χ0) is 19.5. The number of nitrogens with one attached hydrogen (secondary N) is 2. The molecule has 5 nitrogen and oxygen atoms in total. The lowest BCUT2D eigenvalue weighted by molar-refractivity contribution is 0.0950. The molecular weight excluding hydrogens is 372 g/mol. The van der Waals surface area contributed by atoms with E-state index in [0.29, 0.717) is 16.4 Å². The number of aromatic nitrogens is 2. The van der Waals surface area contributed by atoms with Crippen LogP contribution in [0, 0.1) is 0 Å². The number of aromatic amines is 1. The minimum absolute atomic E-state index is 0.333. The highest BCUT2D eigenvalue weighted by molar-refractivity contribution is 6.30. The SMILES string of the molecule is C/C(=N/NC(=O)c1cc(-c2ccc(Cl)cc2)n[nH]1)c1ccc2ccccc2c1. The number of carbonyl (C=O) groups is 1. The molecule has 0 radical (unpaired) electrons. The molecule has 0 saturated carbocycles. The second-order valence-corrected chi connectivity index (χ2v) is 6.81. The van der Waals surface area contributed by atoms with Gasteiger partial charge in [0.2, 0.25) is 0 Å². The molecule has 2 N–H and O–H groups in total. The number of H-pyrrole nitrogens is 1. The monoisotopic (exact) mass is 388 g/mol. The first kappa shape index (κ1) is 17.9. The van der Waals surface area contributed by atoms with Crippen LogP contribution < -0.4 is 5.43 Å². The Morgan fingerprint density at radius 1 is 1.00 bits per heavy atom. The van der Waals surface area contributed by atoms with Crippen LogP contribution >= 0.6 is 11.6 Å². The topological polar surface area (TPSA) is 70.1 Å². The predicted octanol–water partition coefficient (Wildman–Crippen LogP) is 5.04. The quantitative estimate of drug-likeness (QED) is 0.380. The summed E-state index contributed by atoms with van der Waals surface area (Å²) in [5.41, 5.74) is 6.11. The lowest BCUT2D eigenvalue weighted by Gasteiger charge is -2.04. The van der Waals surface area contributed by atoms with Crippen molar-refractivity contribution in [3.63, 3.8) is 0 Å². The summed E-state index contributed by atoms with van der Waals surface area (Å²) in [7, 11) is 0. The van der Waals surface area contributed by atoms with Gasteiger partial charge in [-0.1, -0.05) is 60.1 Å². The Kier molecular flexibility index (Phi) is 4.91. The van der Waals surface area contributed by atoms with E-state index in [9.17, 15) is 4.79 Å². The first-order valence-corrected chi connectivity index (χ1v) is 9.13. The molecule has 4 aromatic rings. The van der Waals surface area contributed by atoms with E-state index in [0.717, 1.165) is 27.6 Å². The van der Waals surface area contributed by atoms with E-state index in [1.54, 1.807) is 18.2 Å². The van der Waals surface area contributed by atoms with Crippen LogP contribution in [0.3, 0.4) is 0 Å². The number of amides is 1. The fourth-order valence-corrected chi connectivity index (χ4v) is 3.01. The Morgan fingerprint density at radius 3 is 2.54 bits per heavy atom. The lowest BCUT2D eigenvalue weighted by Crippen LogP contribution is -2.19. The van der Waals surface area contributed by atoms with Gasteiger partial charge in [-0.3, -0.25) is 9.89 Å². The number of hydrogen-bond acceptors (Lipinski definition) is 3. The van der Waals surface area contributed by atoms with E-state index in [1.165, 1.54) is 0 Å². The molecule has 0 unspecified atom stereocenters. The van der Waals surface area contributed by atoms with Gasteiger partial charge in [0.25, 0.3) is 5.91 Å². The molecule has 4 rings (SSSR count). The van der Waals surface area contributed by atoms with Gasteiger partial charge < -0.3 is 0 Å². The highest BCUT2D eigenvalue weighted by atomic mass is 35.5. The average molecular weight is 389 g/mol. The molecule has 0 aliphatic heterocycles. The molecule has 3 aromatic carbocycles. The number of carbonyl (C=O) groups excluding carboxylic acids is 1. The molecule has 0 fully saturated rings. The van der Waals surface area contributed by atoms with E-state index in [-0.39, 0.29) is 5.91 Å². The van der Waals surface area contributed by atoms with E-state index in [4.69, 9.17) is 11.6 Å². The second kappa shape index (κ2) is 7.66. The van der Waals surface area contributed by atoms with E-state index in [1.807, 2.05) is 49.4 Å². The highest BCUT2D eigenvalue weighted by Crippen LogP contribution is 2.20.